The first-order valence-corrected chi connectivity index (χ1v) is 9.93. The summed E-state index contributed by atoms with van der Waals surface area (Å²) in [5.74, 6) is 0.360. The van der Waals surface area contributed by atoms with Gasteiger partial charge in [-0.05, 0) is 49.6 Å². The van der Waals surface area contributed by atoms with Crippen LogP contribution in [-0.2, 0) is 12.0 Å². The van der Waals surface area contributed by atoms with E-state index < -0.39 is 0 Å². The number of benzene rings is 2. The van der Waals surface area contributed by atoms with E-state index >= 15 is 0 Å². The number of amides is 1. The Morgan fingerprint density at radius 2 is 1.86 bits per heavy atom. The van der Waals surface area contributed by atoms with Crippen LogP contribution in [-0.4, -0.2) is 29.5 Å². The van der Waals surface area contributed by atoms with Crippen molar-refractivity contribution in [1.82, 2.24) is 20.6 Å². The molecule has 1 aromatic heterocycles. The number of anilines is 1. The van der Waals surface area contributed by atoms with Gasteiger partial charge >= 0.3 is 0 Å². The maximum atomic E-state index is 12.0. The number of hydrogen-bond donors (Lipinski definition) is 3. The number of nitrogens with one attached hydrogen (secondary N) is 2. The van der Waals surface area contributed by atoms with Gasteiger partial charge in [0.2, 0.25) is 0 Å². The third-order valence-electron chi connectivity index (χ3n) is 6.07. The van der Waals surface area contributed by atoms with Gasteiger partial charge in [-0.25, -0.2) is 9.97 Å². The third-order valence-corrected chi connectivity index (χ3v) is 6.07. The normalized spacial score (nSPS) is 16.8. The number of nitrogens with two attached hydrogens (primary N) is 1. The fraction of sp³-hybridized carbons (Fsp3) is 0.261. The lowest BCUT2D eigenvalue weighted by molar-refractivity contribution is 0.0946. The maximum Gasteiger partial charge on any atom is 0.251 e. The van der Waals surface area contributed by atoms with E-state index in [2.05, 4.69) is 39.9 Å². The first kappa shape index (κ1) is 17.8. The molecule has 1 aliphatic carbocycles. The van der Waals surface area contributed by atoms with E-state index in [1.54, 1.807) is 6.20 Å². The van der Waals surface area contributed by atoms with Gasteiger partial charge in [0, 0.05) is 28.8 Å². The van der Waals surface area contributed by atoms with E-state index in [1.807, 2.05) is 25.2 Å². The zero-order valence-corrected chi connectivity index (χ0v) is 16.3. The second-order valence-corrected chi connectivity index (χ2v) is 7.78. The topological polar surface area (TPSA) is 92.9 Å². The van der Waals surface area contributed by atoms with Crippen molar-refractivity contribution in [3.63, 3.8) is 0 Å². The van der Waals surface area contributed by atoms with Gasteiger partial charge in [0.15, 0.2) is 0 Å². The summed E-state index contributed by atoms with van der Waals surface area (Å²) < 4.78 is 0. The van der Waals surface area contributed by atoms with Crippen molar-refractivity contribution in [1.29, 1.82) is 0 Å². The molecule has 0 spiro atoms. The highest BCUT2D eigenvalue weighted by molar-refractivity contribution is 5.97. The van der Waals surface area contributed by atoms with Crippen molar-refractivity contribution in [2.45, 2.75) is 24.8 Å². The zero-order valence-electron chi connectivity index (χ0n) is 16.3. The van der Waals surface area contributed by atoms with Gasteiger partial charge in [0.25, 0.3) is 5.91 Å². The second kappa shape index (κ2) is 6.67. The van der Waals surface area contributed by atoms with Gasteiger partial charge < -0.3 is 16.4 Å². The van der Waals surface area contributed by atoms with E-state index in [4.69, 9.17) is 10.7 Å². The van der Waals surface area contributed by atoms with Crippen LogP contribution in [0.25, 0.3) is 22.5 Å². The van der Waals surface area contributed by atoms with Crippen molar-refractivity contribution in [3.8, 4) is 22.5 Å². The fourth-order valence-electron chi connectivity index (χ4n) is 4.09. The number of nitrogen functional groups attached to an aromatic ring is 1. The Morgan fingerprint density at radius 1 is 1.10 bits per heavy atom. The third kappa shape index (κ3) is 3.06. The number of nitrogens with zero attached hydrogens (tertiary/aromatic N) is 2. The molecule has 0 radical (unpaired) electrons. The van der Waals surface area contributed by atoms with Gasteiger partial charge in [0.1, 0.15) is 11.5 Å². The minimum absolute atomic E-state index is 0.0271. The Morgan fingerprint density at radius 3 is 2.59 bits per heavy atom. The molecule has 6 nitrogen and oxygen atoms in total. The van der Waals surface area contributed by atoms with E-state index in [-0.39, 0.29) is 11.4 Å². The first-order chi connectivity index (χ1) is 14.1. The molecule has 4 N–H and O–H groups in total. The minimum atomic E-state index is -0.0271. The highest BCUT2D eigenvalue weighted by atomic mass is 16.1. The Kier molecular flexibility index (Phi) is 4.10. The quantitative estimate of drug-likeness (QED) is 0.642. The molecule has 29 heavy (non-hydrogen) atoms. The van der Waals surface area contributed by atoms with Crippen LogP contribution < -0.4 is 16.4 Å². The van der Waals surface area contributed by atoms with Gasteiger partial charge in [0.05, 0.1) is 11.9 Å². The molecule has 1 amide bonds. The largest absolute Gasteiger partial charge is 0.382 e. The molecule has 2 aliphatic rings. The number of carbonyl (C=O) groups excluding carboxylic acids is 1. The van der Waals surface area contributed by atoms with E-state index in [9.17, 15) is 4.79 Å². The Labute approximate surface area is 169 Å². The molecule has 146 valence electrons. The van der Waals surface area contributed by atoms with Crippen LogP contribution in [0.5, 0.6) is 0 Å². The molecular weight excluding hydrogens is 362 g/mol. The summed E-state index contributed by atoms with van der Waals surface area (Å²) in [5, 5.41) is 6.29. The van der Waals surface area contributed by atoms with Crippen LogP contribution in [0.4, 0.5) is 5.82 Å². The molecule has 0 unspecified atom stereocenters. The summed E-state index contributed by atoms with van der Waals surface area (Å²) in [6.07, 6.45) is 4.86. The van der Waals surface area contributed by atoms with Gasteiger partial charge in [-0.2, -0.15) is 0 Å². The highest BCUT2D eigenvalue weighted by Gasteiger charge is 2.42. The van der Waals surface area contributed by atoms with Crippen molar-refractivity contribution in [3.05, 3.63) is 65.4 Å². The predicted octanol–water partition coefficient (Wildman–Crippen LogP) is 2.89. The SMILES string of the molecule is CNC1(c2ccc(-c3cnc(N)c(-c4ccc5c(c4)CCNC5=O)n3)cc2)CC1. The second-order valence-electron chi connectivity index (χ2n) is 7.78. The summed E-state index contributed by atoms with van der Waals surface area (Å²) >= 11 is 0. The number of rotatable bonds is 4. The number of carbonyl (C=O) groups is 1. The Hall–Kier alpha value is -3.25. The smallest absolute Gasteiger partial charge is 0.251 e. The number of hydrogen-bond acceptors (Lipinski definition) is 5. The molecule has 2 aromatic carbocycles. The molecule has 0 saturated heterocycles. The van der Waals surface area contributed by atoms with Crippen LogP contribution in [0.3, 0.4) is 0 Å². The monoisotopic (exact) mass is 385 g/mol. The number of fused-ring (bicyclic) bond motifs is 1. The van der Waals surface area contributed by atoms with Crippen LogP contribution >= 0.6 is 0 Å². The average Bonchev–Trinajstić information content (AvgIpc) is 3.56. The van der Waals surface area contributed by atoms with Crippen LogP contribution in [0.2, 0.25) is 0 Å². The molecule has 1 aliphatic heterocycles. The summed E-state index contributed by atoms with van der Waals surface area (Å²) in [5.41, 5.74) is 12.7. The summed E-state index contributed by atoms with van der Waals surface area (Å²) in [6.45, 7) is 0.650. The van der Waals surface area contributed by atoms with E-state index in [0.29, 0.717) is 18.1 Å². The maximum absolute atomic E-state index is 12.0. The van der Waals surface area contributed by atoms with Crippen LogP contribution in [0, 0.1) is 0 Å². The van der Waals surface area contributed by atoms with Crippen molar-refractivity contribution >= 4 is 11.7 Å². The molecule has 6 heteroatoms. The molecule has 2 heterocycles. The zero-order chi connectivity index (χ0) is 20.0. The first-order valence-electron chi connectivity index (χ1n) is 9.93. The van der Waals surface area contributed by atoms with Crippen molar-refractivity contribution in [2.24, 2.45) is 0 Å². The summed E-state index contributed by atoms with van der Waals surface area (Å²) in [4.78, 5) is 21.2. The van der Waals surface area contributed by atoms with E-state index in [1.165, 1.54) is 18.4 Å². The predicted molar refractivity (Wildman–Crippen MR) is 113 cm³/mol. The lowest BCUT2D eigenvalue weighted by Gasteiger charge is -2.17. The molecule has 1 fully saturated rings. The van der Waals surface area contributed by atoms with Crippen molar-refractivity contribution < 1.29 is 4.79 Å². The van der Waals surface area contributed by atoms with Crippen LogP contribution in [0.1, 0.15) is 34.3 Å². The Bertz CT molecular complexity index is 1100. The van der Waals surface area contributed by atoms with E-state index in [0.717, 1.165) is 34.4 Å². The molecule has 0 bridgehead atoms. The standard InChI is InChI=1S/C23H23N5O/c1-25-23(9-10-23)17-5-2-14(3-6-17)19-13-27-21(24)20(28-19)16-4-7-18-15(12-16)8-11-26-22(18)29/h2-7,12-13,25H,8-11H2,1H3,(H2,24,27)(H,26,29). The Balaban J connectivity index is 1.50. The molecule has 5 rings (SSSR count). The molecular formula is C23H23N5O. The minimum Gasteiger partial charge on any atom is -0.382 e. The van der Waals surface area contributed by atoms with Gasteiger partial charge in [-0.1, -0.05) is 30.3 Å². The molecule has 0 atom stereocenters. The van der Waals surface area contributed by atoms with Crippen molar-refractivity contribution in [2.75, 3.05) is 19.3 Å². The average molecular weight is 385 g/mol. The lowest BCUT2D eigenvalue weighted by Crippen LogP contribution is -2.31. The molecule has 1 saturated carbocycles. The lowest BCUT2D eigenvalue weighted by atomic mass is 9.96. The van der Waals surface area contributed by atoms with Gasteiger partial charge in [-0.3, -0.25) is 4.79 Å². The van der Waals surface area contributed by atoms with Crippen LogP contribution in [0.15, 0.2) is 48.7 Å². The summed E-state index contributed by atoms with van der Waals surface area (Å²) in [6, 6.07) is 14.2. The summed E-state index contributed by atoms with van der Waals surface area (Å²) in [7, 11) is 2.01. The highest BCUT2D eigenvalue weighted by Crippen LogP contribution is 2.45. The molecule has 3 aromatic rings. The van der Waals surface area contributed by atoms with Gasteiger partial charge in [-0.15, -0.1) is 0 Å². The number of aromatic nitrogens is 2. The fourth-order valence-corrected chi connectivity index (χ4v) is 4.09.